The van der Waals surface area contributed by atoms with Gasteiger partial charge in [-0.25, -0.2) is 4.79 Å². The van der Waals surface area contributed by atoms with E-state index in [-0.39, 0.29) is 12.2 Å². The van der Waals surface area contributed by atoms with Crippen LogP contribution in [0.15, 0.2) is 4.99 Å². The second-order valence-electron chi connectivity index (χ2n) is 3.04. The highest BCUT2D eigenvalue weighted by atomic mass is 16.5. The molecule has 2 amide bonds. The van der Waals surface area contributed by atoms with E-state index in [1.807, 2.05) is 6.92 Å². The Kier molecular flexibility index (Phi) is 3.07. The van der Waals surface area contributed by atoms with Crippen molar-refractivity contribution in [2.45, 2.75) is 19.6 Å². The predicted molar refractivity (Wildman–Crippen MR) is 47.9 cm³/mol. The third-order valence-corrected chi connectivity index (χ3v) is 1.88. The Morgan fingerprint density at radius 2 is 2.31 bits per heavy atom. The van der Waals surface area contributed by atoms with E-state index >= 15 is 0 Å². The maximum absolute atomic E-state index is 11.0. The molecular weight excluding hydrogens is 172 g/mol. The number of guanidine groups is 1. The summed E-state index contributed by atoms with van der Waals surface area (Å²) in [5, 5.41) is 2.55. The molecule has 0 spiro atoms. The molecule has 0 saturated carbocycles. The largest absolute Gasteiger partial charge is 0.370 e. The minimum Gasteiger partial charge on any atom is -0.370 e. The van der Waals surface area contributed by atoms with E-state index in [9.17, 15) is 4.79 Å². The molecule has 5 N–H and O–H groups in total. The average Bonchev–Trinajstić information content (AvgIpc) is 2.34. The van der Waals surface area contributed by atoms with Gasteiger partial charge in [0.2, 0.25) is 0 Å². The van der Waals surface area contributed by atoms with Gasteiger partial charge in [-0.15, -0.1) is 0 Å². The Morgan fingerprint density at radius 3 is 2.77 bits per heavy atom. The van der Waals surface area contributed by atoms with Crippen LogP contribution in [0.25, 0.3) is 0 Å². The summed E-state index contributed by atoms with van der Waals surface area (Å²) in [5.74, 6) is 0.0568. The summed E-state index contributed by atoms with van der Waals surface area (Å²) in [6, 6.07) is -0.557. The molecule has 0 radical (unpaired) electrons. The first-order valence-corrected chi connectivity index (χ1v) is 4.11. The number of carbonyl (C=O) groups excluding carboxylic acids is 1. The van der Waals surface area contributed by atoms with Crippen LogP contribution in [-0.4, -0.2) is 24.8 Å². The van der Waals surface area contributed by atoms with E-state index in [4.69, 9.17) is 16.2 Å². The maximum atomic E-state index is 11.0. The number of nitrogens with zero attached hydrogens (tertiary/aromatic N) is 1. The van der Waals surface area contributed by atoms with Crippen LogP contribution in [0.3, 0.4) is 0 Å². The van der Waals surface area contributed by atoms with Gasteiger partial charge in [-0.3, -0.25) is 0 Å². The zero-order valence-electron chi connectivity index (χ0n) is 7.49. The molecule has 1 heterocycles. The third kappa shape index (κ3) is 2.90. The molecule has 6 nitrogen and oxygen atoms in total. The standard InChI is InChI=1S/C7H14N4O2/c1-4-2-3-13-5(4)10-7(12)11-6(8)9/h4-5H,2-3H2,1H3,(H5,8,9,10,11,12). The van der Waals surface area contributed by atoms with E-state index in [1.54, 1.807) is 0 Å². The molecule has 2 atom stereocenters. The minimum absolute atomic E-state index is 0.247. The predicted octanol–water partition coefficient (Wildman–Crippen LogP) is -0.648. The van der Waals surface area contributed by atoms with Crippen molar-refractivity contribution in [3.8, 4) is 0 Å². The number of nitrogens with two attached hydrogens (primary N) is 2. The third-order valence-electron chi connectivity index (χ3n) is 1.88. The summed E-state index contributed by atoms with van der Waals surface area (Å²) in [7, 11) is 0. The van der Waals surface area contributed by atoms with Crippen LogP contribution in [0.1, 0.15) is 13.3 Å². The lowest BCUT2D eigenvalue weighted by Gasteiger charge is -2.14. The van der Waals surface area contributed by atoms with Crippen LogP contribution in [0.4, 0.5) is 4.79 Å². The Hall–Kier alpha value is -1.30. The number of hydrogen-bond donors (Lipinski definition) is 3. The first kappa shape index (κ1) is 9.79. The number of amides is 2. The van der Waals surface area contributed by atoms with Gasteiger partial charge in [0, 0.05) is 12.5 Å². The molecule has 6 heteroatoms. The summed E-state index contributed by atoms with van der Waals surface area (Å²) in [5.41, 5.74) is 10.1. The Labute approximate surface area is 76.3 Å². The van der Waals surface area contributed by atoms with Gasteiger partial charge in [-0.1, -0.05) is 6.92 Å². The second-order valence-corrected chi connectivity index (χ2v) is 3.04. The molecule has 0 aromatic heterocycles. The fraction of sp³-hybridized carbons (Fsp3) is 0.714. The molecule has 74 valence electrons. The monoisotopic (exact) mass is 186 g/mol. The van der Waals surface area contributed by atoms with Crippen LogP contribution in [0.2, 0.25) is 0 Å². The molecule has 0 aromatic carbocycles. The van der Waals surface area contributed by atoms with Crippen molar-refractivity contribution in [2.24, 2.45) is 22.4 Å². The molecule has 1 saturated heterocycles. The number of urea groups is 1. The Bertz CT molecular complexity index is 225. The normalized spacial score (nSPS) is 26.8. The maximum Gasteiger partial charge on any atom is 0.346 e. The van der Waals surface area contributed by atoms with E-state index < -0.39 is 6.03 Å². The SMILES string of the molecule is CC1CCOC1NC(=O)N=C(N)N. The van der Waals surface area contributed by atoms with Gasteiger partial charge in [0.1, 0.15) is 6.23 Å². The fourth-order valence-corrected chi connectivity index (χ4v) is 1.15. The molecule has 1 fully saturated rings. The molecule has 1 rings (SSSR count). The molecule has 0 aromatic rings. The first-order chi connectivity index (χ1) is 6.09. The van der Waals surface area contributed by atoms with Gasteiger partial charge in [0.05, 0.1) is 0 Å². The Morgan fingerprint density at radius 1 is 1.62 bits per heavy atom. The zero-order chi connectivity index (χ0) is 9.84. The smallest absolute Gasteiger partial charge is 0.346 e. The van der Waals surface area contributed by atoms with Crippen LogP contribution >= 0.6 is 0 Å². The highest BCUT2D eigenvalue weighted by Gasteiger charge is 2.25. The molecule has 1 aliphatic heterocycles. The molecule has 2 unspecified atom stereocenters. The minimum atomic E-state index is -0.557. The number of ether oxygens (including phenoxy) is 1. The molecule has 13 heavy (non-hydrogen) atoms. The van der Waals surface area contributed by atoms with Gasteiger partial charge in [0.25, 0.3) is 0 Å². The quantitative estimate of drug-likeness (QED) is 0.374. The van der Waals surface area contributed by atoms with E-state index in [0.29, 0.717) is 12.5 Å². The Balaban J connectivity index is 2.40. The summed E-state index contributed by atoms with van der Waals surface area (Å²) in [6.07, 6.45) is 0.669. The first-order valence-electron chi connectivity index (χ1n) is 4.11. The highest BCUT2D eigenvalue weighted by molar-refractivity contribution is 5.90. The van der Waals surface area contributed by atoms with Gasteiger partial charge in [-0.2, -0.15) is 4.99 Å². The van der Waals surface area contributed by atoms with Crippen LogP contribution < -0.4 is 16.8 Å². The zero-order valence-corrected chi connectivity index (χ0v) is 7.49. The summed E-state index contributed by atoms with van der Waals surface area (Å²) in [6.45, 7) is 2.65. The summed E-state index contributed by atoms with van der Waals surface area (Å²) in [4.78, 5) is 14.3. The van der Waals surface area contributed by atoms with Crippen LogP contribution in [0, 0.1) is 5.92 Å². The van der Waals surface area contributed by atoms with Crippen LogP contribution in [0.5, 0.6) is 0 Å². The number of hydrogen-bond acceptors (Lipinski definition) is 2. The number of nitrogens with one attached hydrogen (secondary N) is 1. The highest BCUT2D eigenvalue weighted by Crippen LogP contribution is 2.17. The van der Waals surface area contributed by atoms with Gasteiger partial charge in [0.15, 0.2) is 5.96 Å². The van der Waals surface area contributed by atoms with Crippen molar-refractivity contribution >= 4 is 12.0 Å². The van der Waals surface area contributed by atoms with Crippen molar-refractivity contribution in [3.63, 3.8) is 0 Å². The van der Waals surface area contributed by atoms with E-state index in [1.165, 1.54) is 0 Å². The lowest BCUT2D eigenvalue weighted by molar-refractivity contribution is 0.0752. The lowest BCUT2D eigenvalue weighted by atomic mass is 10.1. The van der Waals surface area contributed by atoms with Gasteiger partial charge in [-0.05, 0) is 6.42 Å². The fourth-order valence-electron chi connectivity index (χ4n) is 1.15. The van der Waals surface area contributed by atoms with Crippen molar-refractivity contribution in [1.29, 1.82) is 0 Å². The molecular formula is C7H14N4O2. The van der Waals surface area contributed by atoms with Crippen LogP contribution in [-0.2, 0) is 4.74 Å². The van der Waals surface area contributed by atoms with E-state index in [2.05, 4.69) is 10.3 Å². The van der Waals surface area contributed by atoms with Gasteiger partial charge < -0.3 is 21.5 Å². The molecule has 1 aliphatic rings. The van der Waals surface area contributed by atoms with Crippen molar-refractivity contribution in [1.82, 2.24) is 5.32 Å². The second kappa shape index (κ2) is 4.08. The number of rotatable bonds is 1. The number of aliphatic imine (C=N–C) groups is 1. The molecule has 0 aliphatic carbocycles. The van der Waals surface area contributed by atoms with E-state index in [0.717, 1.165) is 6.42 Å². The number of carbonyl (C=O) groups is 1. The summed E-state index contributed by atoms with van der Waals surface area (Å²) >= 11 is 0. The van der Waals surface area contributed by atoms with Crippen molar-refractivity contribution in [2.75, 3.05) is 6.61 Å². The summed E-state index contributed by atoms with van der Waals surface area (Å²) < 4.78 is 5.23. The molecule has 0 bridgehead atoms. The topological polar surface area (TPSA) is 103 Å². The average molecular weight is 186 g/mol. The van der Waals surface area contributed by atoms with Crippen molar-refractivity contribution in [3.05, 3.63) is 0 Å². The van der Waals surface area contributed by atoms with Gasteiger partial charge >= 0.3 is 6.03 Å². The lowest BCUT2D eigenvalue weighted by Crippen LogP contribution is -2.37. The van der Waals surface area contributed by atoms with Crippen molar-refractivity contribution < 1.29 is 9.53 Å².